The second-order valence-electron chi connectivity index (χ2n) is 9.18. The van der Waals surface area contributed by atoms with Gasteiger partial charge in [-0.2, -0.15) is 0 Å². The van der Waals surface area contributed by atoms with E-state index in [0.29, 0.717) is 39.1 Å². The molecule has 0 bridgehead atoms. The Labute approximate surface area is 243 Å². The summed E-state index contributed by atoms with van der Waals surface area (Å²) in [4.78, 5) is 22.5. The molecule has 8 nitrogen and oxygen atoms in total. The Balaban J connectivity index is 0.00000370. The van der Waals surface area contributed by atoms with Crippen molar-refractivity contribution < 1.29 is 38.7 Å². The van der Waals surface area contributed by atoms with Crippen molar-refractivity contribution in [1.82, 2.24) is 4.98 Å². The molecule has 1 aliphatic rings. The Morgan fingerprint density at radius 1 is 0.900 bits per heavy atom. The summed E-state index contributed by atoms with van der Waals surface area (Å²) >= 11 is 0. The first-order valence-electron chi connectivity index (χ1n) is 12.1. The molecule has 209 valence electrons. The van der Waals surface area contributed by atoms with Gasteiger partial charge in [0.05, 0.1) is 22.0 Å². The summed E-state index contributed by atoms with van der Waals surface area (Å²) < 4.78 is 52.4. The molecule has 0 spiro atoms. The zero-order valence-corrected chi connectivity index (χ0v) is 24.2. The fourth-order valence-electron chi connectivity index (χ4n) is 4.40. The maximum absolute atomic E-state index is 13.2. The average molecular weight is 623 g/mol. The Morgan fingerprint density at radius 2 is 1.65 bits per heavy atom. The molecule has 0 atom stereocenters. The molecule has 11 heteroatoms. The summed E-state index contributed by atoms with van der Waals surface area (Å²) in [5.74, 6) is -0.739. The molecule has 0 saturated carbocycles. The Kier molecular flexibility index (Phi) is 8.41. The van der Waals surface area contributed by atoms with Gasteiger partial charge in [-0.25, -0.2) is 21.8 Å². The third kappa shape index (κ3) is 5.51. The Morgan fingerprint density at radius 3 is 2.42 bits per heavy atom. The maximum Gasteiger partial charge on any atom is 0.282 e. The molecule has 1 aromatic heterocycles. The molecule has 0 saturated heterocycles. The van der Waals surface area contributed by atoms with E-state index in [4.69, 9.17) is 4.99 Å². The molecule has 0 fully saturated rings. The van der Waals surface area contributed by atoms with Crippen LogP contribution in [-0.4, -0.2) is 52.7 Å². The van der Waals surface area contributed by atoms with Crippen molar-refractivity contribution in [1.29, 1.82) is 0 Å². The van der Waals surface area contributed by atoms with Gasteiger partial charge in [0.15, 0.2) is 0 Å². The fourth-order valence-corrected chi connectivity index (χ4v) is 8.23. The number of rotatable bonds is 7. The predicted molar refractivity (Wildman–Crippen MR) is 153 cm³/mol. The van der Waals surface area contributed by atoms with Crippen molar-refractivity contribution in [3.05, 3.63) is 108 Å². The van der Waals surface area contributed by atoms with Crippen LogP contribution in [0.25, 0.3) is 10.8 Å². The summed E-state index contributed by atoms with van der Waals surface area (Å²) in [6.07, 6.45) is 4.67. The molecule has 5 rings (SSSR count). The number of anilines is 1. The van der Waals surface area contributed by atoms with E-state index in [0.717, 1.165) is 5.56 Å². The average Bonchev–Trinajstić information content (AvgIpc) is 2.94. The van der Waals surface area contributed by atoms with E-state index in [9.17, 15) is 21.6 Å². The van der Waals surface area contributed by atoms with Crippen molar-refractivity contribution in [2.75, 3.05) is 24.2 Å². The summed E-state index contributed by atoms with van der Waals surface area (Å²) in [7, 11) is -7.41. The second-order valence-corrected chi connectivity index (χ2v) is 14.9. The summed E-state index contributed by atoms with van der Waals surface area (Å²) in [5.41, 5.74) is 3.85. The quantitative estimate of drug-likeness (QED) is 0.218. The van der Waals surface area contributed by atoms with Crippen LogP contribution in [0.3, 0.4) is 0 Å². The Bertz CT molecular complexity index is 1900. The van der Waals surface area contributed by atoms with E-state index in [1.165, 1.54) is 12.1 Å². The zero-order chi connectivity index (χ0) is 27.8. The predicted octanol–water partition coefficient (Wildman–Crippen LogP) is 4.65. The van der Waals surface area contributed by atoms with Crippen LogP contribution in [-0.2, 0) is 34.8 Å². The summed E-state index contributed by atoms with van der Waals surface area (Å²) in [6.45, 7) is 1.85. The van der Waals surface area contributed by atoms with Crippen molar-refractivity contribution >= 4 is 51.4 Å². The van der Waals surface area contributed by atoms with Gasteiger partial charge in [0, 0.05) is 53.5 Å². The molecule has 0 aliphatic heterocycles. The van der Waals surface area contributed by atoms with Gasteiger partial charge < -0.3 is 4.90 Å². The molecule has 0 unspecified atom stereocenters. The number of hydrogen-bond acceptors (Lipinski definition) is 8. The molecule has 4 aromatic rings. The minimum absolute atomic E-state index is 0. The van der Waals surface area contributed by atoms with E-state index in [1.807, 2.05) is 13.0 Å². The van der Waals surface area contributed by atoms with Gasteiger partial charge >= 0.3 is 0 Å². The smallest absolute Gasteiger partial charge is 0.282 e. The SMILES string of the molecule is Cc1cc(N(C)CCS(=O)(=O)S(=O)(=O)c2cccc3ccccc23)ccc1N=C1C=CC(=O)c2ncccc21.[Cu]. The van der Waals surface area contributed by atoms with Crippen LogP contribution in [0.2, 0.25) is 0 Å². The van der Waals surface area contributed by atoms with E-state index in [1.54, 1.807) is 84.9 Å². The first kappa shape index (κ1) is 29.4. The molecule has 0 amide bonds. The number of carbonyl (C=O) groups is 1. The third-order valence-corrected chi connectivity index (χ3v) is 11.9. The van der Waals surface area contributed by atoms with Crippen molar-refractivity contribution in [2.45, 2.75) is 11.8 Å². The summed E-state index contributed by atoms with van der Waals surface area (Å²) in [5, 5.41) is 1.03. The van der Waals surface area contributed by atoms with Crippen LogP contribution in [0.4, 0.5) is 11.4 Å². The van der Waals surface area contributed by atoms with Gasteiger partial charge in [-0.1, -0.05) is 36.4 Å². The normalized spacial score (nSPS) is 14.2. The van der Waals surface area contributed by atoms with Crippen molar-refractivity contribution in [3.8, 4) is 0 Å². The van der Waals surface area contributed by atoms with Crippen molar-refractivity contribution in [3.63, 3.8) is 0 Å². The molecular formula is C29H25CuN3O5S2. The van der Waals surface area contributed by atoms with Crippen LogP contribution in [0, 0.1) is 6.92 Å². The number of nitrogens with zero attached hydrogens (tertiary/aromatic N) is 3. The second kappa shape index (κ2) is 11.5. The van der Waals surface area contributed by atoms with Gasteiger partial charge in [0.25, 0.3) is 17.7 Å². The number of pyridine rings is 1. The summed E-state index contributed by atoms with van der Waals surface area (Å²) in [6, 6.07) is 20.4. The van der Waals surface area contributed by atoms with Gasteiger partial charge in [-0.05, 0) is 66.4 Å². The number of hydrogen-bond donors (Lipinski definition) is 0. The van der Waals surface area contributed by atoms with E-state index in [-0.39, 0.29) is 34.3 Å². The number of carbonyl (C=O) groups excluding carboxylic acids is 1. The standard InChI is InChI=1S/C29H25N3O5S2.Cu/c1-20-19-22(12-13-25(20)31-26-14-15-27(33)29-24(26)10-6-16-30-29)32(2)17-18-38(34,35)39(36,37)28-11-5-8-21-7-3-4-9-23(21)28;/h3-16,19H,17-18H2,1-2H3;. The van der Waals surface area contributed by atoms with Gasteiger partial charge in [0.2, 0.25) is 5.78 Å². The van der Waals surface area contributed by atoms with Crippen LogP contribution in [0.15, 0.2) is 101 Å². The van der Waals surface area contributed by atoms with Gasteiger partial charge in [-0.15, -0.1) is 0 Å². The minimum Gasteiger partial charge on any atom is -0.374 e. The number of allylic oxidation sites excluding steroid dienone is 2. The number of fused-ring (bicyclic) bond motifs is 2. The number of aromatic nitrogens is 1. The van der Waals surface area contributed by atoms with Crippen LogP contribution in [0.1, 0.15) is 21.6 Å². The molecule has 40 heavy (non-hydrogen) atoms. The minimum atomic E-state index is -4.61. The van der Waals surface area contributed by atoms with Crippen LogP contribution >= 0.6 is 0 Å². The topological polar surface area (TPSA) is 114 Å². The monoisotopic (exact) mass is 622 g/mol. The Hall–Kier alpha value is -3.63. The van der Waals surface area contributed by atoms with Crippen LogP contribution in [0.5, 0.6) is 0 Å². The maximum atomic E-state index is 13.2. The number of aliphatic imine (C=N–C) groups is 1. The van der Waals surface area contributed by atoms with Crippen LogP contribution < -0.4 is 4.90 Å². The molecule has 1 aliphatic carbocycles. The number of ketones is 1. The molecule has 1 radical (unpaired) electrons. The number of aryl methyl sites for hydroxylation is 1. The molecular weight excluding hydrogens is 598 g/mol. The van der Waals surface area contributed by atoms with E-state index in [2.05, 4.69) is 4.98 Å². The van der Waals surface area contributed by atoms with E-state index >= 15 is 0 Å². The first-order chi connectivity index (χ1) is 18.6. The van der Waals surface area contributed by atoms with Gasteiger partial charge in [-0.3, -0.25) is 9.78 Å². The fraction of sp³-hybridized carbons (Fsp3) is 0.138. The zero-order valence-electron chi connectivity index (χ0n) is 21.6. The van der Waals surface area contributed by atoms with Gasteiger partial charge in [0.1, 0.15) is 5.69 Å². The van der Waals surface area contributed by atoms with E-state index < -0.39 is 23.5 Å². The number of benzene rings is 3. The first-order valence-corrected chi connectivity index (χ1v) is 15.8. The third-order valence-electron chi connectivity index (χ3n) is 6.60. The van der Waals surface area contributed by atoms with Crippen molar-refractivity contribution in [2.24, 2.45) is 4.99 Å². The largest absolute Gasteiger partial charge is 0.374 e. The molecule has 3 aromatic carbocycles. The molecule has 0 N–H and O–H groups in total. The molecule has 1 heterocycles.